The molecule has 4 aromatic rings. The number of halogens is 2. The summed E-state index contributed by atoms with van der Waals surface area (Å²) < 4.78 is 0. The van der Waals surface area contributed by atoms with Gasteiger partial charge in [0, 0.05) is 0 Å². The fraction of sp³-hybridized carbons (Fsp3) is 0.444. The summed E-state index contributed by atoms with van der Waals surface area (Å²) in [5, 5.41) is 5.77. The van der Waals surface area contributed by atoms with Gasteiger partial charge in [-0.05, 0) is 36.5 Å². The molecule has 0 unspecified atom stereocenters. The monoisotopic (exact) mass is 674 g/mol. The Hall–Kier alpha value is -0.660. The number of rotatable bonds is 6. The molecule has 0 saturated carbocycles. The van der Waals surface area contributed by atoms with Crippen LogP contribution in [0, 0.1) is 14.9 Å². The van der Waals surface area contributed by atoms with Gasteiger partial charge in [0.1, 0.15) is 0 Å². The molecule has 4 heteroatoms. The molecule has 0 atom stereocenters. The normalized spacial score (nSPS) is 10.2. The van der Waals surface area contributed by atoms with Crippen molar-refractivity contribution in [3.05, 3.63) is 96.8 Å². The fourth-order valence-electron chi connectivity index (χ4n) is 4.90. The van der Waals surface area contributed by atoms with E-state index in [1.54, 1.807) is 0 Å². The Morgan fingerprint density at radius 1 is 0.550 bits per heavy atom. The molecule has 0 aliphatic heterocycles. The quantitative estimate of drug-likeness (QED) is 0.141. The van der Waals surface area contributed by atoms with E-state index in [9.17, 15) is 0 Å². The summed E-state index contributed by atoms with van der Waals surface area (Å²) in [6.07, 6.45) is 2.26. The first-order valence-electron chi connectivity index (χ1n) is 13.8. The van der Waals surface area contributed by atoms with E-state index in [-0.39, 0.29) is 39.7 Å². The van der Waals surface area contributed by atoms with Crippen molar-refractivity contribution in [1.82, 2.24) is 0 Å². The molecule has 4 rings (SSSR count). The molecule has 2 radical (unpaired) electrons. The average molecular weight is 677 g/mol. The molecule has 40 heavy (non-hydrogen) atoms. The zero-order valence-electron chi connectivity index (χ0n) is 27.2. The SMILES string of the molecule is CCc1cc2c(C(C)C)cc(C(C)C)cc2[cH-]1.CCc1cc2c(C(C)C)cc(C(C)C)cc2[cH-]1.Cl.Cl.[CH3-].[CH3-].[Si]=[Zr]. The summed E-state index contributed by atoms with van der Waals surface area (Å²) in [5.41, 5.74) is 8.87. The van der Waals surface area contributed by atoms with Gasteiger partial charge < -0.3 is 14.9 Å². The third kappa shape index (κ3) is 10.9. The maximum atomic E-state index is 3.06. The van der Waals surface area contributed by atoms with Crippen molar-refractivity contribution in [2.24, 2.45) is 0 Å². The Morgan fingerprint density at radius 2 is 0.850 bits per heavy atom. The molecule has 0 saturated heterocycles. The van der Waals surface area contributed by atoms with E-state index in [4.69, 9.17) is 0 Å². The summed E-state index contributed by atoms with van der Waals surface area (Å²) in [4.78, 5) is 0. The van der Waals surface area contributed by atoms with Crippen molar-refractivity contribution < 1.29 is 23.3 Å². The van der Waals surface area contributed by atoms with Crippen molar-refractivity contribution in [2.75, 3.05) is 0 Å². The van der Waals surface area contributed by atoms with Gasteiger partial charge in [0.25, 0.3) is 0 Å². The number of hydrogen-bond donors (Lipinski definition) is 0. The Kier molecular flexibility index (Phi) is 22.2. The summed E-state index contributed by atoms with van der Waals surface area (Å²) in [7, 11) is 0. The third-order valence-electron chi connectivity index (χ3n) is 7.27. The van der Waals surface area contributed by atoms with Crippen molar-refractivity contribution in [3.63, 3.8) is 0 Å². The Balaban J connectivity index is -0.000000589. The molecule has 0 N–H and O–H groups in total. The molecule has 0 aliphatic carbocycles. The molecule has 4 aromatic carbocycles. The van der Waals surface area contributed by atoms with Gasteiger partial charge in [0.2, 0.25) is 0 Å². The van der Waals surface area contributed by atoms with Crippen LogP contribution < -0.4 is 0 Å². The predicted molar refractivity (Wildman–Crippen MR) is 187 cm³/mol. The van der Waals surface area contributed by atoms with Crippen LogP contribution in [-0.2, 0) is 36.2 Å². The number of aryl methyl sites for hydroxylation is 2. The van der Waals surface area contributed by atoms with Crippen LogP contribution in [0.4, 0.5) is 0 Å². The zero-order valence-corrected chi connectivity index (χ0v) is 32.2. The second-order valence-corrected chi connectivity index (χ2v) is 11.3. The van der Waals surface area contributed by atoms with Gasteiger partial charge in [0.05, 0.1) is 0 Å². The van der Waals surface area contributed by atoms with Crippen LogP contribution in [0.2, 0.25) is 0 Å². The van der Waals surface area contributed by atoms with Crippen LogP contribution in [-0.4, -0.2) is 6.88 Å². The van der Waals surface area contributed by atoms with Gasteiger partial charge in [0.15, 0.2) is 0 Å². The summed E-state index contributed by atoms with van der Waals surface area (Å²) in [5.74, 6) is 2.42. The van der Waals surface area contributed by atoms with Crippen LogP contribution in [0.3, 0.4) is 0 Å². The van der Waals surface area contributed by atoms with Crippen molar-refractivity contribution in [3.8, 4) is 0 Å². The molecule has 0 bridgehead atoms. The van der Waals surface area contributed by atoms with E-state index in [0.29, 0.717) is 23.7 Å². The molecule has 224 valence electrons. The minimum absolute atomic E-state index is 0. The van der Waals surface area contributed by atoms with E-state index in [1.165, 1.54) is 78.3 Å². The van der Waals surface area contributed by atoms with Crippen molar-refractivity contribution in [2.45, 2.75) is 106 Å². The fourth-order valence-corrected chi connectivity index (χ4v) is 4.90. The molecule has 0 amide bonds. The van der Waals surface area contributed by atoms with Crippen LogP contribution in [0.1, 0.15) is 126 Å². The van der Waals surface area contributed by atoms with Crippen LogP contribution in [0.25, 0.3) is 21.5 Å². The molecular formula is C36H54Cl2SiZr-4. The standard InChI is InChI=1S/2C17H23.2CH3.2ClH.Si.Zr/c2*1-6-13-7-15-9-14(11(2)3)10-16(12(4)5)17(15)8-13;;;;;;/h2*7-12H,6H2,1-5H3;2*1H3;2*1H;;/q4*-1;;;;. The van der Waals surface area contributed by atoms with Crippen molar-refractivity contribution >= 4 is 53.2 Å². The van der Waals surface area contributed by atoms with Crippen LogP contribution >= 0.6 is 24.8 Å². The number of benzene rings is 2. The van der Waals surface area contributed by atoms with Gasteiger partial charge in [-0.25, -0.2) is 0 Å². The first kappa shape index (κ1) is 43.8. The van der Waals surface area contributed by atoms with E-state index >= 15 is 0 Å². The second kappa shape index (κ2) is 20.3. The Bertz CT molecular complexity index is 1160. The van der Waals surface area contributed by atoms with E-state index in [1.807, 2.05) is 0 Å². The number of hydrogen-bond acceptors (Lipinski definition) is 0. The average Bonchev–Trinajstić information content (AvgIpc) is 3.47. The molecule has 0 aliphatic rings. The first-order valence-corrected chi connectivity index (χ1v) is 18.0. The maximum absolute atomic E-state index is 3.06. The van der Waals surface area contributed by atoms with E-state index < -0.39 is 0 Å². The molecule has 0 spiro atoms. The summed E-state index contributed by atoms with van der Waals surface area (Å²) >= 11 is 1.36. The van der Waals surface area contributed by atoms with Gasteiger partial charge in [-0.3, -0.25) is 0 Å². The van der Waals surface area contributed by atoms with Gasteiger partial charge in [-0.2, -0.15) is 12.1 Å². The predicted octanol–water partition coefficient (Wildman–Crippen LogP) is 12.1. The van der Waals surface area contributed by atoms with E-state index in [2.05, 4.69) is 125 Å². The molecule has 0 nitrogen and oxygen atoms in total. The van der Waals surface area contributed by atoms with Crippen LogP contribution in [0.15, 0.2) is 48.5 Å². The van der Waals surface area contributed by atoms with E-state index in [0.717, 1.165) is 12.8 Å². The molecule has 0 heterocycles. The zero-order chi connectivity index (χ0) is 27.2. The van der Waals surface area contributed by atoms with Crippen LogP contribution in [0.5, 0.6) is 0 Å². The van der Waals surface area contributed by atoms with Gasteiger partial charge in [-0.1, -0.05) is 104 Å². The number of fused-ring (bicyclic) bond motifs is 2. The van der Waals surface area contributed by atoms with Crippen molar-refractivity contribution in [1.29, 1.82) is 0 Å². The second-order valence-electron chi connectivity index (χ2n) is 11.3. The first-order chi connectivity index (χ1) is 17.0. The molecule has 0 aromatic heterocycles. The minimum atomic E-state index is 0. The summed E-state index contributed by atoms with van der Waals surface area (Å²) in [6.45, 7) is 25.8. The molecular weight excluding hydrogens is 623 g/mol. The summed E-state index contributed by atoms with van der Waals surface area (Å²) in [6, 6.07) is 19.0. The molecule has 0 fully saturated rings. The Labute approximate surface area is 277 Å². The Morgan fingerprint density at radius 3 is 1.07 bits per heavy atom. The van der Waals surface area contributed by atoms with Gasteiger partial charge >= 0.3 is 30.2 Å². The third-order valence-corrected chi connectivity index (χ3v) is 7.27. The van der Waals surface area contributed by atoms with Gasteiger partial charge in [-0.15, -0.1) is 81.8 Å². The topological polar surface area (TPSA) is 0 Å².